The summed E-state index contributed by atoms with van der Waals surface area (Å²) >= 11 is 0. The van der Waals surface area contributed by atoms with Gasteiger partial charge in [0.1, 0.15) is 12.1 Å². The monoisotopic (exact) mass is 716 g/mol. The lowest BCUT2D eigenvalue weighted by molar-refractivity contribution is -0.140. The van der Waals surface area contributed by atoms with Crippen molar-refractivity contribution in [2.24, 2.45) is 15.7 Å². The Hall–Kier alpha value is -5.71. The summed E-state index contributed by atoms with van der Waals surface area (Å²) in [5, 5.41) is 24.7. The number of guanidine groups is 2. The third-order valence-corrected chi connectivity index (χ3v) is 9.28. The highest BCUT2D eigenvalue weighted by molar-refractivity contribution is 6.06. The lowest BCUT2D eigenvalue weighted by Gasteiger charge is -2.25. The van der Waals surface area contributed by atoms with Crippen LogP contribution < -0.4 is 21.7 Å². The molecule has 52 heavy (non-hydrogen) atoms. The Bertz CT molecular complexity index is 1560. The van der Waals surface area contributed by atoms with Crippen LogP contribution in [0.25, 0.3) is 0 Å². The summed E-state index contributed by atoms with van der Waals surface area (Å²) in [6, 6.07) is 7.16. The topological polar surface area (TPSA) is 233 Å². The van der Waals surface area contributed by atoms with Crippen molar-refractivity contribution in [3.63, 3.8) is 0 Å². The standard InChI is InChI=1S/C21H26N6O3.C14H22N6O2/c22-15-23-21(25-19(29)16-8-2-1-3-9-16)24-17-10-4-5-13-27(20(17)30)14-18(28)26-11-6-7-12-26;15-10-17-14(16)18-11-5-1-2-8-20(13(11)22)9-12(21)19-6-3-4-7-19/h1-3,8-9,17H,4-7,10-14H2,(H2,23,24,25,29);11H,1-9H2,(H3,16,17,18). The molecule has 0 aliphatic carbocycles. The van der Waals surface area contributed by atoms with Crippen LogP contribution in [0.4, 0.5) is 0 Å². The van der Waals surface area contributed by atoms with Crippen LogP contribution in [-0.2, 0) is 19.2 Å². The molecule has 0 aromatic heterocycles. The Kier molecular flexibility index (Phi) is 15.2. The zero-order valence-electron chi connectivity index (χ0n) is 29.5. The number of carbonyl (C=O) groups is 5. The highest BCUT2D eigenvalue weighted by Crippen LogP contribution is 2.18. The SMILES string of the molecule is N#CNC(=NC1CCCCN(CC(=O)N2CCCC2)C1=O)NC(=O)c1ccccc1.N#CNC(N)=NC1CCCCN(CC(=O)N2CCCC2)C1=O. The molecule has 17 nitrogen and oxygen atoms in total. The molecule has 1 aromatic carbocycles. The molecule has 5 amide bonds. The van der Waals surface area contributed by atoms with Gasteiger partial charge in [-0.25, -0.2) is 9.98 Å². The lowest BCUT2D eigenvalue weighted by Crippen LogP contribution is -2.46. The maximum atomic E-state index is 13.0. The number of carbonyl (C=O) groups excluding carboxylic acids is 5. The Morgan fingerprint density at radius 3 is 1.63 bits per heavy atom. The molecule has 5 rings (SSSR count). The zero-order valence-corrected chi connectivity index (χ0v) is 29.5. The number of rotatable bonds is 7. The van der Waals surface area contributed by atoms with Crippen molar-refractivity contribution in [3.05, 3.63) is 35.9 Å². The van der Waals surface area contributed by atoms with Gasteiger partial charge >= 0.3 is 0 Å². The highest BCUT2D eigenvalue weighted by atomic mass is 16.2. The molecule has 17 heteroatoms. The van der Waals surface area contributed by atoms with E-state index in [1.54, 1.807) is 57.4 Å². The molecule has 4 heterocycles. The number of hydrogen-bond acceptors (Lipinski definition) is 9. The summed E-state index contributed by atoms with van der Waals surface area (Å²) in [5.74, 6) is -1.05. The highest BCUT2D eigenvalue weighted by Gasteiger charge is 2.32. The fourth-order valence-electron chi connectivity index (χ4n) is 6.51. The quantitative estimate of drug-likeness (QED) is 0.130. The van der Waals surface area contributed by atoms with E-state index in [9.17, 15) is 24.0 Å². The van der Waals surface area contributed by atoms with E-state index in [1.165, 1.54) is 0 Å². The maximum absolute atomic E-state index is 13.0. The molecule has 5 N–H and O–H groups in total. The molecule has 2 atom stereocenters. The minimum atomic E-state index is -0.759. The lowest BCUT2D eigenvalue weighted by atomic mass is 10.1. The molecule has 4 fully saturated rings. The number of nitriles is 2. The molecule has 4 aliphatic heterocycles. The van der Waals surface area contributed by atoms with Gasteiger partial charge in [0.2, 0.25) is 35.5 Å². The average Bonchev–Trinajstić information content (AvgIpc) is 3.84. The molecule has 0 bridgehead atoms. The predicted molar refractivity (Wildman–Crippen MR) is 191 cm³/mol. The number of nitrogens with one attached hydrogen (secondary N) is 3. The number of likely N-dealkylation sites (tertiary alicyclic amines) is 4. The molecule has 2 unspecified atom stereocenters. The summed E-state index contributed by atoms with van der Waals surface area (Å²) < 4.78 is 0. The first kappa shape index (κ1) is 39.1. The van der Waals surface area contributed by atoms with Crippen LogP contribution in [0.1, 0.15) is 74.6 Å². The number of hydrogen-bond donors (Lipinski definition) is 4. The fourth-order valence-corrected chi connectivity index (χ4v) is 6.51. The Morgan fingerprint density at radius 1 is 0.692 bits per heavy atom. The van der Waals surface area contributed by atoms with Gasteiger partial charge in [0.25, 0.3) is 5.91 Å². The Labute approximate surface area is 303 Å². The van der Waals surface area contributed by atoms with E-state index in [4.69, 9.17) is 16.3 Å². The van der Waals surface area contributed by atoms with Gasteiger partial charge in [0.05, 0.1) is 13.1 Å². The second-order valence-electron chi connectivity index (χ2n) is 13.0. The van der Waals surface area contributed by atoms with E-state index in [2.05, 4.69) is 25.9 Å². The van der Waals surface area contributed by atoms with Gasteiger partial charge in [0.15, 0.2) is 12.4 Å². The second kappa shape index (κ2) is 20.2. The first-order chi connectivity index (χ1) is 25.2. The molecule has 0 radical (unpaired) electrons. The number of aliphatic imine (C=N–C) groups is 2. The van der Waals surface area contributed by atoms with Crippen LogP contribution in [0, 0.1) is 22.9 Å². The molecule has 4 aliphatic rings. The van der Waals surface area contributed by atoms with E-state index in [0.29, 0.717) is 31.5 Å². The third-order valence-electron chi connectivity index (χ3n) is 9.28. The van der Waals surface area contributed by atoms with Gasteiger partial charge in [-0.2, -0.15) is 10.5 Å². The van der Waals surface area contributed by atoms with Crippen molar-refractivity contribution in [2.75, 3.05) is 52.4 Å². The van der Waals surface area contributed by atoms with Crippen LogP contribution in [0.2, 0.25) is 0 Å². The summed E-state index contributed by atoms with van der Waals surface area (Å²) in [4.78, 5) is 77.7. The minimum absolute atomic E-state index is 0.00130. The van der Waals surface area contributed by atoms with Crippen LogP contribution in [-0.4, -0.2) is 125 Å². The van der Waals surface area contributed by atoms with E-state index >= 15 is 0 Å². The van der Waals surface area contributed by atoms with Gasteiger partial charge in [-0.05, 0) is 76.3 Å². The number of nitrogens with two attached hydrogens (primary N) is 1. The Morgan fingerprint density at radius 2 is 1.15 bits per heavy atom. The molecule has 4 saturated heterocycles. The third kappa shape index (κ3) is 11.7. The molecule has 278 valence electrons. The fraction of sp³-hybridized carbons (Fsp3) is 0.571. The zero-order chi connectivity index (χ0) is 37.3. The Balaban J connectivity index is 0.000000244. The van der Waals surface area contributed by atoms with Gasteiger partial charge in [-0.3, -0.25) is 39.9 Å². The second-order valence-corrected chi connectivity index (χ2v) is 13.0. The van der Waals surface area contributed by atoms with Gasteiger partial charge in [0, 0.05) is 44.8 Å². The van der Waals surface area contributed by atoms with E-state index in [0.717, 1.165) is 77.5 Å². The molecule has 0 spiro atoms. The summed E-state index contributed by atoms with van der Waals surface area (Å²) in [5.41, 5.74) is 5.96. The normalized spacial score (nSPS) is 21.2. The average molecular weight is 717 g/mol. The van der Waals surface area contributed by atoms with Crippen molar-refractivity contribution >= 4 is 41.5 Å². The predicted octanol–water partition coefficient (Wildman–Crippen LogP) is 0.222. The molecule has 1 aromatic rings. The van der Waals surface area contributed by atoms with Crippen LogP contribution in [0.15, 0.2) is 40.3 Å². The first-order valence-corrected chi connectivity index (χ1v) is 17.9. The first-order valence-electron chi connectivity index (χ1n) is 17.9. The number of amides is 5. The largest absolute Gasteiger partial charge is 0.369 e. The summed E-state index contributed by atoms with van der Waals surface area (Å²) in [6.45, 7) is 4.26. The van der Waals surface area contributed by atoms with Crippen molar-refractivity contribution in [3.8, 4) is 12.4 Å². The van der Waals surface area contributed by atoms with Crippen molar-refractivity contribution < 1.29 is 24.0 Å². The van der Waals surface area contributed by atoms with E-state index < -0.39 is 18.0 Å². The van der Waals surface area contributed by atoms with Crippen molar-refractivity contribution in [1.82, 2.24) is 35.6 Å². The maximum Gasteiger partial charge on any atom is 0.257 e. The van der Waals surface area contributed by atoms with Crippen LogP contribution in [0.5, 0.6) is 0 Å². The van der Waals surface area contributed by atoms with Gasteiger partial charge in [-0.15, -0.1) is 0 Å². The molecular formula is C35H48N12O5. The minimum Gasteiger partial charge on any atom is -0.369 e. The molecule has 0 saturated carbocycles. The van der Waals surface area contributed by atoms with Crippen molar-refractivity contribution in [2.45, 2.75) is 76.3 Å². The molecular weight excluding hydrogens is 668 g/mol. The number of benzene rings is 1. The van der Waals surface area contributed by atoms with Crippen LogP contribution in [0.3, 0.4) is 0 Å². The van der Waals surface area contributed by atoms with Gasteiger partial charge in [-0.1, -0.05) is 18.2 Å². The summed E-state index contributed by atoms with van der Waals surface area (Å²) in [6.07, 6.45) is 11.8. The summed E-state index contributed by atoms with van der Waals surface area (Å²) in [7, 11) is 0. The van der Waals surface area contributed by atoms with E-state index in [-0.39, 0.29) is 48.6 Å². The smallest absolute Gasteiger partial charge is 0.257 e. The number of nitrogens with zero attached hydrogens (tertiary/aromatic N) is 8. The van der Waals surface area contributed by atoms with Crippen LogP contribution >= 0.6 is 0 Å². The van der Waals surface area contributed by atoms with Gasteiger partial charge < -0.3 is 25.3 Å². The van der Waals surface area contributed by atoms with Crippen molar-refractivity contribution in [1.29, 1.82) is 10.5 Å². The van der Waals surface area contributed by atoms with E-state index in [1.807, 2.05) is 4.90 Å².